The van der Waals surface area contributed by atoms with Crippen molar-refractivity contribution in [2.24, 2.45) is 0 Å². The molecule has 0 atom stereocenters. The van der Waals surface area contributed by atoms with Crippen LogP contribution in [-0.2, 0) is 13.0 Å². The van der Waals surface area contributed by atoms with E-state index in [-0.39, 0.29) is 5.82 Å². The molecule has 0 aliphatic rings. The first-order valence-electron chi connectivity index (χ1n) is 8.83. The standard InChI is InChI=1S/C21H23FN4O/c1-15-13-20(23-12-11-16-5-9-19(27-2)10-6-16)26-21(25-15)24-14-17-3-7-18(22)8-4-17/h3-10,13H,11-12,14H2,1-2H3,(H2,23,24,25,26). The van der Waals surface area contributed by atoms with Gasteiger partial charge < -0.3 is 15.4 Å². The van der Waals surface area contributed by atoms with Gasteiger partial charge >= 0.3 is 0 Å². The van der Waals surface area contributed by atoms with Crippen LogP contribution in [0.4, 0.5) is 16.2 Å². The van der Waals surface area contributed by atoms with Crippen LogP contribution in [0.2, 0.25) is 0 Å². The molecule has 140 valence electrons. The number of aromatic nitrogens is 2. The number of aryl methyl sites for hydroxylation is 1. The predicted octanol–water partition coefficient (Wildman–Crippen LogP) is 4.20. The molecule has 0 radical (unpaired) electrons. The van der Waals surface area contributed by atoms with E-state index >= 15 is 0 Å². The highest BCUT2D eigenvalue weighted by molar-refractivity contribution is 5.42. The van der Waals surface area contributed by atoms with Gasteiger partial charge in [-0.25, -0.2) is 9.37 Å². The van der Waals surface area contributed by atoms with E-state index in [1.165, 1.54) is 17.7 Å². The van der Waals surface area contributed by atoms with Crippen LogP contribution in [0.1, 0.15) is 16.8 Å². The molecule has 3 rings (SSSR count). The highest BCUT2D eigenvalue weighted by atomic mass is 19.1. The maximum Gasteiger partial charge on any atom is 0.225 e. The molecular formula is C21H23FN4O. The molecule has 1 heterocycles. The summed E-state index contributed by atoms with van der Waals surface area (Å²) in [6.07, 6.45) is 0.880. The second-order valence-electron chi connectivity index (χ2n) is 6.22. The second kappa shape index (κ2) is 8.98. The lowest BCUT2D eigenvalue weighted by atomic mass is 10.1. The van der Waals surface area contributed by atoms with Crippen molar-refractivity contribution in [3.05, 3.63) is 77.2 Å². The van der Waals surface area contributed by atoms with Gasteiger partial charge in [-0.3, -0.25) is 0 Å². The number of ether oxygens (including phenoxy) is 1. The Bertz CT molecular complexity index is 866. The summed E-state index contributed by atoms with van der Waals surface area (Å²) in [5.41, 5.74) is 3.07. The smallest absolute Gasteiger partial charge is 0.225 e. The van der Waals surface area contributed by atoms with Gasteiger partial charge in [-0.05, 0) is 48.7 Å². The van der Waals surface area contributed by atoms with Gasteiger partial charge in [-0.15, -0.1) is 0 Å². The van der Waals surface area contributed by atoms with Gasteiger partial charge in [0.15, 0.2) is 0 Å². The van der Waals surface area contributed by atoms with Crippen molar-refractivity contribution in [3.8, 4) is 5.75 Å². The van der Waals surface area contributed by atoms with E-state index in [1.807, 2.05) is 25.1 Å². The number of methoxy groups -OCH3 is 1. The molecule has 6 heteroatoms. The SMILES string of the molecule is COc1ccc(CCNc2cc(C)nc(NCc3ccc(F)cc3)n2)cc1. The highest BCUT2D eigenvalue weighted by Crippen LogP contribution is 2.14. The molecule has 27 heavy (non-hydrogen) atoms. The summed E-state index contributed by atoms with van der Waals surface area (Å²) >= 11 is 0. The van der Waals surface area contributed by atoms with Crippen molar-refractivity contribution in [1.82, 2.24) is 9.97 Å². The summed E-state index contributed by atoms with van der Waals surface area (Å²) in [5.74, 6) is 1.94. The molecule has 0 aliphatic carbocycles. The Hall–Kier alpha value is -3.15. The van der Waals surface area contributed by atoms with E-state index in [0.29, 0.717) is 12.5 Å². The molecule has 0 bridgehead atoms. The van der Waals surface area contributed by atoms with Gasteiger partial charge in [0.05, 0.1) is 7.11 Å². The zero-order valence-corrected chi connectivity index (χ0v) is 15.5. The molecule has 1 aromatic heterocycles. The summed E-state index contributed by atoms with van der Waals surface area (Å²) in [7, 11) is 1.66. The molecule has 0 saturated carbocycles. The van der Waals surface area contributed by atoms with E-state index in [2.05, 4.69) is 32.7 Å². The van der Waals surface area contributed by atoms with Crippen molar-refractivity contribution in [2.75, 3.05) is 24.3 Å². The van der Waals surface area contributed by atoms with Crippen molar-refractivity contribution in [1.29, 1.82) is 0 Å². The minimum atomic E-state index is -0.242. The van der Waals surface area contributed by atoms with Crippen molar-refractivity contribution < 1.29 is 9.13 Å². The molecule has 2 aromatic carbocycles. The number of rotatable bonds is 8. The number of nitrogens with one attached hydrogen (secondary N) is 2. The third-order valence-electron chi connectivity index (χ3n) is 4.10. The average Bonchev–Trinajstić information content (AvgIpc) is 2.68. The summed E-state index contributed by atoms with van der Waals surface area (Å²) in [6, 6.07) is 16.3. The normalized spacial score (nSPS) is 10.5. The van der Waals surface area contributed by atoms with E-state index in [4.69, 9.17) is 4.74 Å². The minimum absolute atomic E-state index is 0.242. The molecule has 0 amide bonds. The third-order valence-corrected chi connectivity index (χ3v) is 4.10. The first kappa shape index (κ1) is 18.6. The minimum Gasteiger partial charge on any atom is -0.497 e. The lowest BCUT2D eigenvalue weighted by Crippen LogP contribution is -2.10. The second-order valence-corrected chi connectivity index (χ2v) is 6.22. The number of anilines is 2. The van der Waals surface area contributed by atoms with Gasteiger partial charge in [0.25, 0.3) is 0 Å². The predicted molar refractivity (Wildman–Crippen MR) is 106 cm³/mol. The van der Waals surface area contributed by atoms with Gasteiger partial charge in [-0.2, -0.15) is 4.98 Å². The molecular weight excluding hydrogens is 343 g/mol. The number of hydrogen-bond acceptors (Lipinski definition) is 5. The Morgan fingerprint density at radius 1 is 0.926 bits per heavy atom. The topological polar surface area (TPSA) is 59.1 Å². The Balaban J connectivity index is 1.55. The van der Waals surface area contributed by atoms with Gasteiger partial charge in [0, 0.05) is 24.8 Å². The maximum absolute atomic E-state index is 13.0. The first-order valence-corrected chi connectivity index (χ1v) is 8.83. The highest BCUT2D eigenvalue weighted by Gasteiger charge is 2.03. The molecule has 0 saturated heterocycles. The summed E-state index contributed by atoms with van der Waals surface area (Å²) in [6.45, 7) is 3.23. The van der Waals surface area contributed by atoms with Gasteiger partial charge in [0.2, 0.25) is 5.95 Å². The molecule has 2 N–H and O–H groups in total. The molecule has 0 spiro atoms. The number of halogens is 1. The fourth-order valence-electron chi connectivity index (χ4n) is 2.65. The molecule has 3 aromatic rings. The average molecular weight is 366 g/mol. The Morgan fingerprint density at radius 3 is 2.33 bits per heavy atom. The molecule has 5 nitrogen and oxygen atoms in total. The lowest BCUT2D eigenvalue weighted by Gasteiger charge is -2.10. The van der Waals surface area contributed by atoms with E-state index in [9.17, 15) is 4.39 Å². The van der Waals surface area contributed by atoms with Crippen LogP contribution in [0.15, 0.2) is 54.6 Å². The Kier molecular flexibility index (Phi) is 6.20. The lowest BCUT2D eigenvalue weighted by molar-refractivity contribution is 0.414. The van der Waals surface area contributed by atoms with Crippen LogP contribution in [0, 0.1) is 12.7 Å². The Morgan fingerprint density at radius 2 is 1.63 bits per heavy atom. The fourth-order valence-corrected chi connectivity index (χ4v) is 2.65. The quantitative estimate of drug-likeness (QED) is 0.626. The third kappa shape index (κ3) is 5.67. The van der Waals surface area contributed by atoms with Crippen LogP contribution < -0.4 is 15.4 Å². The van der Waals surface area contributed by atoms with Crippen molar-refractivity contribution in [3.63, 3.8) is 0 Å². The Labute approximate surface area is 158 Å². The summed E-state index contributed by atoms with van der Waals surface area (Å²) in [4.78, 5) is 8.90. The van der Waals surface area contributed by atoms with E-state index in [0.717, 1.165) is 35.8 Å². The zero-order valence-electron chi connectivity index (χ0n) is 15.5. The van der Waals surface area contributed by atoms with Crippen molar-refractivity contribution >= 4 is 11.8 Å². The fraction of sp³-hybridized carbons (Fsp3) is 0.238. The molecule has 0 fully saturated rings. The van der Waals surface area contributed by atoms with E-state index in [1.54, 1.807) is 19.2 Å². The van der Waals surface area contributed by atoms with Crippen LogP contribution >= 0.6 is 0 Å². The zero-order chi connectivity index (χ0) is 19.1. The number of benzene rings is 2. The maximum atomic E-state index is 13.0. The number of nitrogens with zero attached hydrogens (tertiary/aromatic N) is 2. The monoisotopic (exact) mass is 366 g/mol. The van der Waals surface area contributed by atoms with Crippen LogP contribution in [-0.4, -0.2) is 23.6 Å². The van der Waals surface area contributed by atoms with Gasteiger partial charge in [0.1, 0.15) is 17.4 Å². The van der Waals surface area contributed by atoms with E-state index < -0.39 is 0 Å². The van der Waals surface area contributed by atoms with Gasteiger partial charge in [-0.1, -0.05) is 24.3 Å². The van der Waals surface area contributed by atoms with Crippen LogP contribution in [0.5, 0.6) is 5.75 Å². The molecule has 0 unspecified atom stereocenters. The first-order chi connectivity index (χ1) is 13.1. The largest absolute Gasteiger partial charge is 0.497 e. The summed E-state index contributed by atoms with van der Waals surface area (Å²) < 4.78 is 18.1. The number of hydrogen-bond donors (Lipinski definition) is 2. The molecule has 0 aliphatic heterocycles. The van der Waals surface area contributed by atoms with Crippen LogP contribution in [0.3, 0.4) is 0 Å². The summed E-state index contributed by atoms with van der Waals surface area (Å²) in [5, 5.41) is 6.52. The van der Waals surface area contributed by atoms with Crippen LogP contribution in [0.25, 0.3) is 0 Å². The van der Waals surface area contributed by atoms with Crippen molar-refractivity contribution in [2.45, 2.75) is 19.9 Å².